The summed E-state index contributed by atoms with van der Waals surface area (Å²) in [6, 6.07) is 0.810. The smallest absolute Gasteiger partial charge is 0.0831 e. The molecule has 3 aliphatic rings. The monoisotopic (exact) mass is 267 g/mol. The summed E-state index contributed by atoms with van der Waals surface area (Å²) in [6.07, 6.45) is 5.20. The Kier molecular flexibility index (Phi) is 4.42. The van der Waals surface area contributed by atoms with Crippen LogP contribution in [0.25, 0.3) is 0 Å². The molecule has 1 spiro atoms. The Balaban J connectivity index is 1.47. The molecule has 19 heavy (non-hydrogen) atoms. The normalized spacial score (nSPS) is 33.0. The third kappa shape index (κ3) is 3.13. The zero-order chi connectivity index (χ0) is 13.1. The number of rotatable bonds is 3. The van der Waals surface area contributed by atoms with Gasteiger partial charge in [-0.1, -0.05) is 6.92 Å². The number of hydrogen-bond donors (Lipinski definition) is 1. The molecule has 0 aromatic carbocycles. The summed E-state index contributed by atoms with van der Waals surface area (Å²) in [5, 5.41) is 3.50. The van der Waals surface area contributed by atoms with Gasteiger partial charge in [0.25, 0.3) is 0 Å². The van der Waals surface area contributed by atoms with Gasteiger partial charge < -0.3 is 15.0 Å². The molecule has 3 aliphatic heterocycles. The van der Waals surface area contributed by atoms with Crippen molar-refractivity contribution in [1.82, 2.24) is 15.1 Å². The molecule has 0 radical (unpaired) electrons. The Morgan fingerprint density at radius 3 is 2.79 bits per heavy atom. The Labute approximate surface area is 117 Å². The van der Waals surface area contributed by atoms with Crippen LogP contribution in [-0.4, -0.2) is 73.9 Å². The fraction of sp³-hybridized carbons (Fsp3) is 1.00. The second-order valence-corrected chi connectivity index (χ2v) is 6.43. The molecule has 0 aromatic heterocycles. The van der Waals surface area contributed by atoms with Crippen molar-refractivity contribution in [2.75, 3.05) is 52.4 Å². The van der Waals surface area contributed by atoms with Gasteiger partial charge in [-0.25, -0.2) is 0 Å². The van der Waals surface area contributed by atoms with Gasteiger partial charge in [0.05, 0.1) is 12.2 Å². The summed E-state index contributed by atoms with van der Waals surface area (Å²) in [6.45, 7) is 11.5. The van der Waals surface area contributed by atoms with Crippen molar-refractivity contribution in [3.8, 4) is 0 Å². The molecule has 0 bridgehead atoms. The minimum atomic E-state index is 0.162. The molecule has 3 saturated heterocycles. The van der Waals surface area contributed by atoms with Gasteiger partial charge in [-0.05, 0) is 38.8 Å². The summed E-state index contributed by atoms with van der Waals surface area (Å²) in [4.78, 5) is 5.32. The highest BCUT2D eigenvalue weighted by Gasteiger charge is 2.37. The predicted molar refractivity (Wildman–Crippen MR) is 77.5 cm³/mol. The van der Waals surface area contributed by atoms with E-state index in [9.17, 15) is 0 Å². The fourth-order valence-electron chi connectivity index (χ4n) is 3.99. The van der Waals surface area contributed by atoms with E-state index in [0.717, 1.165) is 25.7 Å². The van der Waals surface area contributed by atoms with E-state index < -0.39 is 0 Å². The van der Waals surface area contributed by atoms with Gasteiger partial charge in [0.1, 0.15) is 0 Å². The molecular formula is C15H29N3O. The van der Waals surface area contributed by atoms with Gasteiger partial charge in [0.2, 0.25) is 0 Å². The maximum absolute atomic E-state index is 6.07. The Morgan fingerprint density at radius 1 is 1.26 bits per heavy atom. The molecule has 3 fully saturated rings. The van der Waals surface area contributed by atoms with Crippen LogP contribution in [0, 0.1) is 0 Å². The quantitative estimate of drug-likeness (QED) is 0.823. The van der Waals surface area contributed by atoms with Gasteiger partial charge in [-0.2, -0.15) is 0 Å². The molecule has 3 rings (SSSR count). The van der Waals surface area contributed by atoms with E-state index in [2.05, 4.69) is 22.0 Å². The first-order chi connectivity index (χ1) is 9.31. The molecule has 1 unspecified atom stereocenters. The largest absolute Gasteiger partial charge is 0.372 e. The highest BCUT2D eigenvalue weighted by molar-refractivity contribution is 4.93. The Morgan fingerprint density at radius 2 is 2.11 bits per heavy atom. The lowest BCUT2D eigenvalue weighted by Crippen LogP contribution is -2.56. The van der Waals surface area contributed by atoms with Crippen LogP contribution in [0.15, 0.2) is 0 Å². The molecule has 4 nitrogen and oxygen atoms in total. The van der Waals surface area contributed by atoms with Gasteiger partial charge in [0.15, 0.2) is 0 Å². The summed E-state index contributed by atoms with van der Waals surface area (Å²) < 4.78 is 6.07. The summed E-state index contributed by atoms with van der Waals surface area (Å²) in [7, 11) is 0. The zero-order valence-electron chi connectivity index (χ0n) is 12.4. The fourth-order valence-corrected chi connectivity index (χ4v) is 3.99. The van der Waals surface area contributed by atoms with E-state index in [1.807, 2.05) is 0 Å². The van der Waals surface area contributed by atoms with Crippen molar-refractivity contribution >= 4 is 0 Å². The number of likely N-dealkylation sites (N-methyl/N-ethyl adjacent to an activating group) is 1. The van der Waals surface area contributed by atoms with Crippen LogP contribution in [0.5, 0.6) is 0 Å². The van der Waals surface area contributed by atoms with Crippen LogP contribution in [0.3, 0.4) is 0 Å². The van der Waals surface area contributed by atoms with Gasteiger partial charge >= 0.3 is 0 Å². The van der Waals surface area contributed by atoms with Crippen LogP contribution >= 0.6 is 0 Å². The number of ether oxygens (including phenoxy) is 1. The van der Waals surface area contributed by atoms with Crippen LogP contribution in [-0.2, 0) is 4.74 Å². The van der Waals surface area contributed by atoms with Crippen molar-refractivity contribution in [2.45, 2.75) is 44.2 Å². The second kappa shape index (κ2) is 6.08. The average Bonchev–Trinajstić information content (AvgIpc) is 2.90. The molecule has 1 N–H and O–H groups in total. The molecule has 1 atom stereocenters. The lowest BCUT2D eigenvalue weighted by molar-refractivity contribution is -0.101. The number of piperidine rings is 1. The molecule has 110 valence electrons. The van der Waals surface area contributed by atoms with E-state index >= 15 is 0 Å². The topological polar surface area (TPSA) is 27.7 Å². The molecule has 0 saturated carbocycles. The zero-order valence-corrected chi connectivity index (χ0v) is 12.4. The Bertz CT molecular complexity index is 281. The number of likely N-dealkylation sites (tertiary alicyclic amines) is 2. The average molecular weight is 267 g/mol. The molecule has 3 heterocycles. The lowest BCUT2D eigenvalue weighted by atomic mass is 9.90. The molecule has 0 aliphatic carbocycles. The second-order valence-electron chi connectivity index (χ2n) is 6.43. The Hall–Kier alpha value is -0.160. The molecular weight excluding hydrogens is 238 g/mol. The van der Waals surface area contributed by atoms with Crippen molar-refractivity contribution in [2.24, 2.45) is 0 Å². The van der Waals surface area contributed by atoms with Gasteiger partial charge in [0, 0.05) is 38.8 Å². The highest BCUT2D eigenvalue weighted by Crippen LogP contribution is 2.28. The number of nitrogens with zero attached hydrogens (tertiary/aromatic N) is 2. The minimum Gasteiger partial charge on any atom is -0.372 e. The summed E-state index contributed by atoms with van der Waals surface area (Å²) in [5.74, 6) is 0. The van der Waals surface area contributed by atoms with Crippen molar-refractivity contribution in [3.63, 3.8) is 0 Å². The maximum Gasteiger partial charge on any atom is 0.0831 e. The highest BCUT2D eigenvalue weighted by atomic mass is 16.5. The predicted octanol–water partition coefficient (Wildman–Crippen LogP) is 0.925. The van der Waals surface area contributed by atoms with E-state index in [4.69, 9.17) is 4.74 Å². The number of nitrogens with one attached hydrogen (secondary N) is 1. The van der Waals surface area contributed by atoms with Crippen LogP contribution < -0.4 is 5.32 Å². The van der Waals surface area contributed by atoms with Crippen molar-refractivity contribution in [1.29, 1.82) is 0 Å². The first kappa shape index (κ1) is 13.8. The molecule has 0 amide bonds. The number of hydrogen-bond acceptors (Lipinski definition) is 4. The van der Waals surface area contributed by atoms with E-state index in [-0.39, 0.29) is 5.60 Å². The lowest BCUT2D eigenvalue weighted by Gasteiger charge is -2.45. The summed E-state index contributed by atoms with van der Waals surface area (Å²) in [5.41, 5.74) is 0.162. The molecule has 4 heteroatoms. The van der Waals surface area contributed by atoms with E-state index in [1.165, 1.54) is 58.4 Å². The number of morpholine rings is 1. The van der Waals surface area contributed by atoms with Gasteiger partial charge in [-0.3, -0.25) is 4.90 Å². The first-order valence-electron chi connectivity index (χ1n) is 8.12. The van der Waals surface area contributed by atoms with Gasteiger partial charge in [-0.15, -0.1) is 0 Å². The van der Waals surface area contributed by atoms with Crippen LogP contribution in [0.1, 0.15) is 32.6 Å². The minimum absolute atomic E-state index is 0.162. The van der Waals surface area contributed by atoms with Crippen molar-refractivity contribution < 1.29 is 4.74 Å². The maximum atomic E-state index is 6.07. The molecule has 0 aromatic rings. The van der Waals surface area contributed by atoms with Crippen LogP contribution in [0.4, 0.5) is 0 Å². The third-order valence-corrected chi connectivity index (χ3v) is 5.28. The third-order valence-electron chi connectivity index (χ3n) is 5.28. The van der Waals surface area contributed by atoms with E-state index in [1.54, 1.807) is 0 Å². The van der Waals surface area contributed by atoms with E-state index in [0.29, 0.717) is 0 Å². The SMILES string of the molecule is CCN1CCCC1CN1CCC2(CC1)CNCCO2. The summed E-state index contributed by atoms with van der Waals surface area (Å²) >= 11 is 0. The standard InChI is InChI=1S/C15H29N3O/c1-2-18-8-3-4-14(18)12-17-9-5-15(6-10-17)13-16-7-11-19-15/h14,16H,2-13H2,1H3. The first-order valence-corrected chi connectivity index (χ1v) is 8.12. The van der Waals surface area contributed by atoms with Crippen LogP contribution in [0.2, 0.25) is 0 Å². The van der Waals surface area contributed by atoms with Crippen molar-refractivity contribution in [3.05, 3.63) is 0 Å².